The second-order valence-corrected chi connectivity index (χ2v) is 5.55. The average Bonchev–Trinajstić information content (AvgIpc) is 2.61. The molecule has 0 aromatic rings. The van der Waals surface area contributed by atoms with E-state index >= 15 is 0 Å². The molecule has 0 aromatic carbocycles. The van der Waals surface area contributed by atoms with Gasteiger partial charge in [-0.05, 0) is 45.7 Å². The van der Waals surface area contributed by atoms with E-state index in [0.29, 0.717) is 6.04 Å². The zero-order valence-electron chi connectivity index (χ0n) is 11.1. The van der Waals surface area contributed by atoms with Crippen LogP contribution in [0, 0.1) is 5.92 Å². The van der Waals surface area contributed by atoms with Crippen molar-refractivity contribution in [3.63, 3.8) is 0 Å². The maximum absolute atomic E-state index is 11.2. The molecule has 1 saturated heterocycles. The summed E-state index contributed by atoms with van der Waals surface area (Å²) in [4.78, 5) is 13.6. The van der Waals surface area contributed by atoms with E-state index in [0.717, 1.165) is 38.3 Å². The highest BCUT2D eigenvalue weighted by Gasteiger charge is 2.26. The molecule has 2 atom stereocenters. The molecule has 1 aliphatic rings. The van der Waals surface area contributed by atoms with Crippen molar-refractivity contribution < 1.29 is 4.79 Å². The molecular formula is C13H26N2O. The molecule has 0 radical (unpaired) electrons. The number of Topliss-reactive ketones (excluding diaryl/α,β-unsaturated/α-hetero) is 1. The topological polar surface area (TPSA) is 32.3 Å². The number of carbonyl (C=O) groups is 1. The van der Waals surface area contributed by atoms with Gasteiger partial charge in [-0.25, -0.2) is 0 Å². The fourth-order valence-corrected chi connectivity index (χ4v) is 2.46. The van der Waals surface area contributed by atoms with Crippen LogP contribution >= 0.6 is 0 Å². The van der Waals surface area contributed by atoms with Gasteiger partial charge in [0, 0.05) is 12.6 Å². The first-order chi connectivity index (χ1) is 7.49. The summed E-state index contributed by atoms with van der Waals surface area (Å²) >= 11 is 0. The summed E-state index contributed by atoms with van der Waals surface area (Å²) in [6.45, 7) is 8.46. The molecule has 1 fully saturated rings. The normalized spacial score (nSPS) is 25.6. The monoisotopic (exact) mass is 226 g/mol. The number of hydrogen-bond acceptors (Lipinski definition) is 3. The number of ketones is 1. The smallest absolute Gasteiger partial charge is 0.146 e. The number of nitrogens with one attached hydrogen (secondary N) is 1. The molecule has 0 spiro atoms. The summed E-state index contributed by atoms with van der Waals surface area (Å²) in [5.41, 5.74) is 0. The van der Waals surface area contributed by atoms with E-state index in [9.17, 15) is 4.79 Å². The zero-order chi connectivity index (χ0) is 12.1. The van der Waals surface area contributed by atoms with E-state index < -0.39 is 0 Å². The fourth-order valence-electron chi connectivity index (χ4n) is 2.46. The zero-order valence-corrected chi connectivity index (χ0v) is 11.1. The Hall–Kier alpha value is -0.410. The van der Waals surface area contributed by atoms with E-state index in [2.05, 4.69) is 31.1 Å². The SMILES string of the molecule is CC(=O)C1CCC(CCN(C)CC(C)C)N1. The third-order valence-corrected chi connectivity index (χ3v) is 3.27. The lowest BCUT2D eigenvalue weighted by Gasteiger charge is -2.21. The van der Waals surface area contributed by atoms with Crippen LogP contribution in [0.1, 0.15) is 40.0 Å². The minimum absolute atomic E-state index is 0.125. The lowest BCUT2D eigenvalue weighted by Crippen LogP contribution is -2.36. The highest BCUT2D eigenvalue weighted by Crippen LogP contribution is 2.16. The van der Waals surface area contributed by atoms with Gasteiger partial charge in [-0.2, -0.15) is 0 Å². The van der Waals surface area contributed by atoms with Gasteiger partial charge in [0.15, 0.2) is 0 Å². The van der Waals surface area contributed by atoms with Crippen LogP contribution in [0.5, 0.6) is 0 Å². The number of rotatable bonds is 6. The molecule has 1 heterocycles. The van der Waals surface area contributed by atoms with Gasteiger partial charge in [0.25, 0.3) is 0 Å². The molecule has 0 bridgehead atoms. The summed E-state index contributed by atoms with van der Waals surface area (Å²) in [6.07, 6.45) is 3.33. The maximum Gasteiger partial charge on any atom is 0.146 e. The van der Waals surface area contributed by atoms with Crippen molar-refractivity contribution in [1.29, 1.82) is 0 Å². The average molecular weight is 226 g/mol. The van der Waals surface area contributed by atoms with Gasteiger partial charge >= 0.3 is 0 Å². The maximum atomic E-state index is 11.2. The van der Waals surface area contributed by atoms with Crippen LogP contribution in [-0.4, -0.2) is 42.9 Å². The summed E-state index contributed by atoms with van der Waals surface area (Å²) in [5.74, 6) is 1.02. The van der Waals surface area contributed by atoms with E-state index in [1.807, 2.05) is 0 Å². The first-order valence-corrected chi connectivity index (χ1v) is 6.44. The molecule has 1 N–H and O–H groups in total. The lowest BCUT2D eigenvalue weighted by molar-refractivity contribution is -0.118. The Morgan fingerprint density at radius 3 is 2.62 bits per heavy atom. The number of carbonyl (C=O) groups excluding carboxylic acids is 1. The third kappa shape index (κ3) is 4.62. The number of nitrogens with zero attached hydrogens (tertiary/aromatic N) is 1. The largest absolute Gasteiger partial charge is 0.306 e. The molecule has 3 heteroatoms. The molecule has 3 nitrogen and oxygen atoms in total. The van der Waals surface area contributed by atoms with Crippen LogP contribution in [0.2, 0.25) is 0 Å². The van der Waals surface area contributed by atoms with Gasteiger partial charge < -0.3 is 10.2 Å². The van der Waals surface area contributed by atoms with Crippen molar-refractivity contribution in [3.8, 4) is 0 Å². The summed E-state index contributed by atoms with van der Waals surface area (Å²) < 4.78 is 0. The minimum atomic E-state index is 0.125. The third-order valence-electron chi connectivity index (χ3n) is 3.27. The van der Waals surface area contributed by atoms with Gasteiger partial charge in [0.1, 0.15) is 5.78 Å². The van der Waals surface area contributed by atoms with E-state index in [-0.39, 0.29) is 11.8 Å². The van der Waals surface area contributed by atoms with Crippen molar-refractivity contribution in [2.75, 3.05) is 20.1 Å². The predicted molar refractivity (Wildman–Crippen MR) is 67.6 cm³/mol. The Kier molecular flexibility index (Phi) is 5.42. The second kappa shape index (κ2) is 6.36. The van der Waals surface area contributed by atoms with E-state index in [1.54, 1.807) is 6.92 Å². The van der Waals surface area contributed by atoms with Gasteiger partial charge in [-0.3, -0.25) is 4.79 Å². The van der Waals surface area contributed by atoms with E-state index in [1.165, 1.54) is 0 Å². The summed E-state index contributed by atoms with van der Waals surface area (Å²) in [7, 11) is 2.18. The molecule has 0 aliphatic carbocycles. The molecule has 0 saturated carbocycles. The summed E-state index contributed by atoms with van der Waals surface area (Å²) in [6, 6.07) is 0.670. The Morgan fingerprint density at radius 1 is 1.44 bits per heavy atom. The molecule has 94 valence electrons. The first-order valence-electron chi connectivity index (χ1n) is 6.44. The Bertz CT molecular complexity index is 228. The van der Waals surface area contributed by atoms with Crippen LogP contribution in [0.25, 0.3) is 0 Å². The second-order valence-electron chi connectivity index (χ2n) is 5.55. The minimum Gasteiger partial charge on any atom is -0.306 e. The summed E-state index contributed by atoms with van der Waals surface area (Å²) in [5, 5.41) is 3.42. The fraction of sp³-hybridized carbons (Fsp3) is 0.923. The van der Waals surface area contributed by atoms with Crippen LogP contribution in [0.15, 0.2) is 0 Å². The van der Waals surface area contributed by atoms with Crippen LogP contribution in [-0.2, 0) is 4.79 Å². The van der Waals surface area contributed by atoms with Gasteiger partial charge in [-0.15, -0.1) is 0 Å². The van der Waals surface area contributed by atoms with Crippen LogP contribution < -0.4 is 5.32 Å². The Labute approximate surface area is 99.6 Å². The van der Waals surface area contributed by atoms with Gasteiger partial charge in [-0.1, -0.05) is 13.8 Å². The Morgan fingerprint density at radius 2 is 2.12 bits per heavy atom. The molecule has 0 aromatic heterocycles. The molecule has 16 heavy (non-hydrogen) atoms. The lowest BCUT2D eigenvalue weighted by atomic mass is 10.1. The molecule has 0 amide bonds. The van der Waals surface area contributed by atoms with Gasteiger partial charge in [0.05, 0.1) is 6.04 Å². The van der Waals surface area contributed by atoms with Crippen LogP contribution in [0.4, 0.5) is 0 Å². The number of hydrogen-bond donors (Lipinski definition) is 1. The molecular weight excluding hydrogens is 200 g/mol. The van der Waals surface area contributed by atoms with Crippen molar-refractivity contribution in [2.45, 2.75) is 52.1 Å². The molecule has 1 aliphatic heterocycles. The van der Waals surface area contributed by atoms with Gasteiger partial charge in [0.2, 0.25) is 0 Å². The Balaban J connectivity index is 2.17. The van der Waals surface area contributed by atoms with Crippen molar-refractivity contribution >= 4 is 5.78 Å². The van der Waals surface area contributed by atoms with Crippen molar-refractivity contribution in [2.24, 2.45) is 5.92 Å². The van der Waals surface area contributed by atoms with Crippen LogP contribution in [0.3, 0.4) is 0 Å². The molecule has 2 unspecified atom stereocenters. The first kappa shape index (κ1) is 13.7. The van der Waals surface area contributed by atoms with E-state index in [4.69, 9.17) is 0 Å². The quantitative estimate of drug-likeness (QED) is 0.748. The molecule has 1 rings (SSSR count). The highest BCUT2D eigenvalue weighted by atomic mass is 16.1. The standard InChI is InChI=1S/C13H26N2O/c1-10(2)9-15(4)8-7-12-5-6-13(14-12)11(3)16/h10,12-14H,5-9H2,1-4H3. The van der Waals surface area contributed by atoms with Crippen molar-refractivity contribution in [3.05, 3.63) is 0 Å². The highest BCUT2D eigenvalue weighted by molar-refractivity contribution is 5.81. The van der Waals surface area contributed by atoms with Crippen molar-refractivity contribution in [1.82, 2.24) is 10.2 Å². The predicted octanol–water partition coefficient (Wildman–Crippen LogP) is 1.67.